The Hall–Kier alpha value is -3.98. The van der Waals surface area contributed by atoms with Gasteiger partial charge in [0.05, 0.1) is 12.7 Å². The predicted octanol–water partition coefficient (Wildman–Crippen LogP) is 2.93. The standard InChI is InChI=1S/C23H17NO7/c1-29-19-8-3-2-7-18(19)23(26)30-16-9-10-17-20(13-16)31-21(22(17)25)12-14-5-4-6-15(11-14)24(27)28/h2-13,24,27H,1H3. The highest BCUT2D eigenvalue weighted by Crippen LogP contribution is 2.35. The molecule has 1 aliphatic rings. The van der Waals surface area contributed by atoms with E-state index in [1.807, 2.05) is 0 Å². The molecule has 31 heavy (non-hydrogen) atoms. The van der Waals surface area contributed by atoms with Crippen LogP contribution in [0.3, 0.4) is 0 Å². The van der Waals surface area contributed by atoms with E-state index in [0.717, 1.165) is 0 Å². The highest BCUT2D eigenvalue weighted by Gasteiger charge is 2.28. The van der Waals surface area contributed by atoms with Crippen molar-refractivity contribution in [2.24, 2.45) is 0 Å². The molecule has 4 rings (SSSR count). The summed E-state index contributed by atoms with van der Waals surface area (Å²) < 4.78 is 16.2. The topological polar surface area (TPSA) is 110 Å². The highest BCUT2D eigenvalue weighted by molar-refractivity contribution is 6.14. The van der Waals surface area contributed by atoms with Crippen LogP contribution in [-0.4, -0.2) is 24.1 Å². The first kappa shape index (κ1) is 20.3. The molecule has 1 aliphatic heterocycles. The molecular weight excluding hydrogens is 402 g/mol. The van der Waals surface area contributed by atoms with Crippen LogP contribution in [0.25, 0.3) is 6.08 Å². The Morgan fingerprint density at radius 3 is 2.68 bits per heavy atom. The molecule has 8 heteroatoms. The first-order valence-electron chi connectivity index (χ1n) is 9.23. The molecule has 3 aromatic rings. The van der Waals surface area contributed by atoms with Crippen molar-refractivity contribution in [3.8, 4) is 17.2 Å². The average molecular weight is 419 g/mol. The lowest BCUT2D eigenvalue weighted by atomic mass is 10.1. The minimum atomic E-state index is -1.07. The Balaban J connectivity index is 1.56. The van der Waals surface area contributed by atoms with Gasteiger partial charge in [-0.25, -0.2) is 10.0 Å². The zero-order chi connectivity index (χ0) is 22.0. The van der Waals surface area contributed by atoms with Gasteiger partial charge >= 0.3 is 5.97 Å². The van der Waals surface area contributed by atoms with Crippen LogP contribution in [0.2, 0.25) is 0 Å². The number of quaternary nitrogens is 1. The summed E-state index contributed by atoms with van der Waals surface area (Å²) in [5.41, 5.74) is 1.20. The van der Waals surface area contributed by atoms with Crippen LogP contribution in [0.1, 0.15) is 26.3 Å². The predicted molar refractivity (Wildman–Crippen MR) is 110 cm³/mol. The number of benzene rings is 3. The average Bonchev–Trinajstić information content (AvgIpc) is 3.08. The molecule has 1 unspecified atom stereocenters. The van der Waals surface area contributed by atoms with Gasteiger partial charge in [0, 0.05) is 18.2 Å². The monoisotopic (exact) mass is 419 g/mol. The molecule has 0 spiro atoms. The van der Waals surface area contributed by atoms with E-state index in [-0.39, 0.29) is 34.3 Å². The van der Waals surface area contributed by atoms with Crippen molar-refractivity contribution < 1.29 is 34.2 Å². The fraction of sp³-hybridized carbons (Fsp3) is 0.0435. The molecule has 0 aliphatic carbocycles. The van der Waals surface area contributed by atoms with E-state index in [1.54, 1.807) is 36.4 Å². The van der Waals surface area contributed by atoms with Gasteiger partial charge in [0.1, 0.15) is 22.8 Å². The van der Waals surface area contributed by atoms with E-state index in [4.69, 9.17) is 19.4 Å². The van der Waals surface area contributed by atoms with Crippen molar-refractivity contribution in [2.75, 3.05) is 7.11 Å². The Kier molecular flexibility index (Phi) is 5.50. The second-order valence-electron chi connectivity index (χ2n) is 6.62. The molecule has 0 radical (unpaired) electrons. The summed E-state index contributed by atoms with van der Waals surface area (Å²) in [5, 5.41) is 19.2. The van der Waals surface area contributed by atoms with E-state index < -0.39 is 11.2 Å². The number of carbonyl (C=O) groups is 2. The molecule has 8 nitrogen and oxygen atoms in total. The number of rotatable bonds is 5. The van der Waals surface area contributed by atoms with Gasteiger partial charge in [0.15, 0.2) is 11.4 Å². The lowest BCUT2D eigenvalue weighted by Gasteiger charge is -2.11. The van der Waals surface area contributed by atoms with Crippen LogP contribution in [-0.2, 0) is 0 Å². The number of nitrogens with one attached hydrogen (secondary N) is 1. The molecule has 0 saturated heterocycles. The summed E-state index contributed by atoms with van der Waals surface area (Å²) in [5.74, 6) is -0.0755. The van der Waals surface area contributed by atoms with Crippen molar-refractivity contribution in [2.45, 2.75) is 0 Å². The smallest absolute Gasteiger partial charge is 0.347 e. The van der Waals surface area contributed by atoms with Crippen LogP contribution in [0.15, 0.2) is 72.5 Å². The summed E-state index contributed by atoms with van der Waals surface area (Å²) in [4.78, 5) is 25.1. The van der Waals surface area contributed by atoms with E-state index in [2.05, 4.69) is 0 Å². The number of allylic oxidation sites excluding steroid dienone is 1. The molecule has 2 N–H and O–H groups in total. The number of ether oxygens (including phenoxy) is 3. The van der Waals surface area contributed by atoms with Crippen LogP contribution in [0.5, 0.6) is 17.2 Å². The molecule has 156 valence electrons. The Labute approximate surface area is 177 Å². The summed E-state index contributed by atoms with van der Waals surface area (Å²) in [7, 11) is 1.46. The molecule has 0 saturated carbocycles. The van der Waals surface area contributed by atoms with Crippen molar-refractivity contribution in [1.82, 2.24) is 0 Å². The van der Waals surface area contributed by atoms with Gasteiger partial charge in [-0.1, -0.05) is 24.3 Å². The summed E-state index contributed by atoms with van der Waals surface area (Å²) >= 11 is 0. The van der Waals surface area contributed by atoms with E-state index in [1.165, 1.54) is 43.5 Å². The third-order valence-corrected chi connectivity index (χ3v) is 4.61. The molecule has 0 aromatic heterocycles. The third-order valence-electron chi connectivity index (χ3n) is 4.61. The molecule has 0 bridgehead atoms. The number of Topliss-reactive ketones (excluding diaryl/α,β-unsaturated/α-hetero) is 1. The lowest BCUT2D eigenvalue weighted by Crippen LogP contribution is -2.99. The van der Waals surface area contributed by atoms with Crippen molar-refractivity contribution in [3.63, 3.8) is 0 Å². The lowest BCUT2D eigenvalue weighted by molar-refractivity contribution is -0.991. The maximum atomic E-state index is 12.6. The SMILES string of the molecule is COc1ccccc1C(=O)Oc1ccc2c(c1)OC(=Cc1cccc([NH+]([O-])O)c1)C2=O. The molecule has 0 fully saturated rings. The number of methoxy groups -OCH3 is 1. The highest BCUT2D eigenvalue weighted by atomic mass is 16.8. The molecule has 1 heterocycles. The number of hydrogen-bond acceptors (Lipinski definition) is 7. The van der Waals surface area contributed by atoms with Crippen LogP contribution in [0, 0.1) is 5.21 Å². The second-order valence-corrected chi connectivity index (χ2v) is 6.62. The largest absolute Gasteiger partial charge is 0.595 e. The summed E-state index contributed by atoms with van der Waals surface area (Å²) in [6.07, 6.45) is 1.47. The molecule has 3 aromatic carbocycles. The number of hydrogen-bond donors (Lipinski definition) is 2. The zero-order valence-corrected chi connectivity index (χ0v) is 16.3. The third kappa shape index (κ3) is 4.17. The first-order chi connectivity index (χ1) is 15.0. The Bertz CT molecular complexity index is 1200. The van der Waals surface area contributed by atoms with Gasteiger partial charge in [-0.15, -0.1) is 0 Å². The van der Waals surface area contributed by atoms with Crippen LogP contribution >= 0.6 is 0 Å². The first-order valence-corrected chi connectivity index (χ1v) is 9.23. The summed E-state index contributed by atoms with van der Waals surface area (Å²) in [6, 6.07) is 17.3. The van der Waals surface area contributed by atoms with Gasteiger partial charge < -0.3 is 19.4 Å². The van der Waals surface area contributed by atoms with E-state index in [9.17, 15) is 14.8 Å². The number of esters is 1. The maximum absolute atomic E-state index is 12.6. The zero-order valence-electron chi connectivity index (χ0n) is 16.3. The normalized spacial score (nSPS) is 14.7. The minimum absolute atomic E-state index is 0.0470. The number of para-hydroxylation sites is 1. The molecular formula is C23H17NO7. The number of fused-ring (bicyclic) bond motifs is 1. The fourth-order valence-corrected chi connectivity index (χ4v) is 3.12. The minimum Gasteiger partial charge on any atom is -0.595 e. The second kappa shape index (κ2) is 8.41. The van der Waals surface area contributed by atoms with Gasteiger partial charge in [-0.05, 0) is 35.9 Å². The number of carbonyl (C=O) groups excluding carboxylic acids is 2. The van der Waals surface area contributed by atoms with Crippen molar-refractivity contribution in [3.05, 3.63) is 94.4 Å². The van der Waals surface area contributed by atoms with Gasteiger partial charge in [-0.3, -0.25) is 4.79 Å². The molecule has 1 atom stereocenters. The number of ketones is 1. The Morgan fingerprint density at radius 1 is 1.10 bits per heavy atom. The van der Waals surface area contributed by atoms with E-state index >= 15 is 0 Å². The fourth-order valence-electron chi connectivity index (χ4n) is 3.12. The van der Waals surface area contributed by atoms with E-state index in [0.29, 0.717) is 16.9 Å². The van der Waals surface area contributed by atoms with Crippen molar-refractivity contribution in [1.29, 1.82) is 0 Å². The molecule has 0 amide bonds. The van der Waals surface area contributed by atoms with Crippen LogP contribution in [0.4, 0.5) is 5.69 Å². The maximum Gasteiger partial charge on any atom is 0.347 e. The Morgan fingerprint density at radius 2 is 1.90 bits per heavy atom. The van der Waals surface area contributed by atoms with Gasteiger partial charge in [0.25, 0.3) is 0 Å². The summed E-state index contributed by atoms with van der Waals surface area (Å²) in [6.45, 7) is 0. The van der Waals surface area contributed by atoms with Gasteiger partial charge in [0.2, 0.25) is 5.78 Å². The quantitative estimate of drug-likeness (QED) is 0.283. The van der Waals surface area contributed by atoms with Crippen LogP contribution < -0.4 is 19.4 Å². The van der Waals surface area contributed by atoms with Crippen molar-refractivity contribution >= 4 is 23.5 Å². The van der Waals surface area contributed by atoms with Gasteiger partial charge in [-0.2, -0.15) is 5.23 Å².